The zero-order chi connectivity index (χ0) is 17.0. The number of nitrogens with two attached hydrogens (primary N) is 1. The number of hydrogen-bond acceptors (Lipinski definition) is 5. The van der Waals surface area contributed by atoms with Gasteiger partial charge in [0.05, 0.1) is 30.0 Å². The number of allylic oxidation sites excluding steroid dienone is 2. The highest BCUT2D eigenvalue weighted by Gasteiger charge is 2.38. The van der Waals surface area contributed by atoms with Crippen LogP contribution in [-0.4, -0.2) is 18.5 Å². The number of nitrogens with zero attached hydrogens (tertiary/aromatic N) is 1. The molecule has 120 valence electrons. The van der Waals surface area contributed by atoms with Crippen LogP contribution >= 0.6 is 27.5 Å². The molecule has 1 aromatic rings. The Bertz CT molecular complexity index is 737. The number of hydrogen-bond donors (Lipinski definition) is 1. The van der Waals surface area contributed by atoms with Crippen molar-refractivity contribution >= 4 is 33.5 Å². The van der Waals surface area contributed by atoms with Gasteiger partial charge >= 0.3 is 5.97 Å². The lowest BCUT2D eigenvalue weighted by Gasteiger charge is -2.27. The highest BCUT2D eigenvalue weighted by Crippen LogP contribution is 2.42. The third-order valence-corrected chi connectivity index (χ3v) is 4.29. The summed E-state index contributed by atoms with van der Waals surface area (Å²) in [5, 5.41) is 9.55. The molecule has 0 spiro atoms. The Morgan fingerprint density at radius 1 is 1.52 bits per heavy atom. The molecule has 0 saturated carbocycles. The standard InChI is InChI=1S/C16H14BrClN2O3/c1-2-22-16(21)14-13(9-5-3-4-6-11(9)17)10(8-19)12(7-18)23-15(14)20/h3-6,13H,2,7,20H2,1H3/t13-/m0/s1. The van der Waals surface area contributed by atoms with Gasteiger partial charge in [0.1, 0.15) is 11.3 Å². The quantitative estimate of drug-likeness (QED) is 0.622. The minimum absolute atomic E-state index is 0.0271. The van der Waals surface area contributed by atoms with E-state index in [2.05, 4.69) is 22.0 Å². The zero-order valence-electron chi connectivity index (χ0n) is 12.3. The number of carbonyl (C=O) groups excluding carboxylic acids is 1. The van der Waals surface area contributed by atoms with Crippen LogP contribution < -0.4 is 5.73 Å². The lowest BCUT2D eigenvalue weighted by molar-refractivity contribution is -0.139. The van der Waals surface area contributed by atoms with Crippen LogP contribution in [0.2, 0.25) is 0 Å². The molecule has 0 amide bonds. The molecule has 1 aromatic carbocycles. The van der Waals surface area contributed by atoms with E-state index in [1.54, 1.807) is 13.0 Å². The highest BCUT2D eigenvalue weighted by atomic mass is 79.9. The van der Waals surface area contributed by atoms with Crippen molar-refractivity contribution in [1.29, 1.82) is 5.26 Å². The number of halogens is 2. The van der Waals surface area contributed by atoms with E-state index in [-0.39, 0.29) is 35.3 Å². The number of esters is 1. The molecule has 7 heteroatoms. The molecule has 2 rings (SSSR count). The van der Waals surface area contributed by atoms with Crippen LogP contribution in [0.5, 0.6) is 0 Å². The fraction of sp³-hybridized carbons (Fsp3) is 0.250. The molecular weight excluding hydrogens is 384 g/mol. The minimum Gasteiger partial charge on any atom is -0.462 e. The molecule has 1 aliphatic rings. The molecule has 0 radical (unpaired) electrons. The Morgan fingerprint density at radius 3 is 2.78 bits per heavy atom. The van der Waals surface area contributed by atoms with Crippen molar-refractivity contribution in [2.24, 2.45) is 5.73 Å². The Balaban J connectivity index is 2.67. The molecule has 0 saturated heterocycles. The first-order valence-corrected chi connectivity index (χ1v) is 8.16. The van der Waals surface area contributed by atoms with Crippen LogP contribution in [0, 0.1) is 11.3 Å². The molecule has 5 nitrogen and oxygen atoms in total. The first-order valence-electron chi connectivity index (χ1n) is 6.83. The lowest BCUT2D eigenvalue weighted by atomic mass is 9.83. The smallest absolute Gasteiger partial charge is 0.340 e. The molecule has 0 aliphatic carbocycles. The number of benzene rings is 1. The van der Waals surface area contributed by atoms with E-state index in [9.17, 15) is 10.1 Å². The Labute approximate surface area is 147 Å². The number of alkyl halides is 1. The predicted octanol–water partition coefficient (Wildman–Crippen LogP) is 3.31. The van der Waals surface area contributed by atoms with Gasteiger partial charge in [-0.1, -0.05) is 34.1 Å². The molecular formula is C16H14BrClN2O3. The van der Waals surface area contributed by atoms with Crippen LogP contribution in [0.1, 0.15) is 18.4 Å². The molecule has 1 heterocycles. The van der Waals surface area contributed by atoms with Crippen molar-refractivity contribution in [3.05, 3.63) is 57.1 Å². The molecule has 1 atom stereocenters. The van der Waals surface area contributed by atoms with E-state index < -0.39 is 11.9 Å². The summed E-state index contributed by atoms with van der Waals surface area (Å²) in [6.45, 7) is 1.88. The maximum absolute atomic E-state index is 12.3. The average molecular weight is 398 g/mol. The largest absolute Gasteiger partial charge is 0.462 e. The molecule has 2 N–H and O–H groups in total. The monoisotopic (exact) mass is 396 g/mol. The lowest BCUT2D eigenvalue weighted by Crippen LogP contribution is -2.27. The van der Waals surface area contributed by atoms with E-state index in [0.717, 1.165) is 4.47 Å². The van der Waals surface area contributed by atoms with E-state index in [0.29, 0.717) is 5.56 Å². The number of rotatable bonds is 4. The molecule has 0 aromatic heterocycles. The topological polar surface area (TPSA) is 85.3 Å². The Kier molecular flexibility index (Phi) is 5.69. The predicted molar refractivity (Wildman–Crippen MR) is 89.2 cm³/mol. The van der Waals surface area contributed by atoms with Crippen LogP contribution in [0.3, 0.4) is 0 Å². The number of nitriles is 1. The SMILES string of the molecule is CCOC(=O)C1=C(N)OC(CCl)=C(C#N)[C@@H]1c1ccccc1Br. The van der Waals surface area contributed by atoms with Gasteiger partial charge in [0.25, 0.3) is 0 Å². The number of carbonyl (C=O) groups is 1. The zero-order valence-corrected chi connectivity index (χ0v) is 14.6. The van der Waals surface area contributed by atoms with Crippen molar-refractivity contribution in [2.45, 2.75) is 12.8 Å². The van der Waals surface area contributed by atoms with Gasteiger partial charge in [-0.3, -0.25) is 0 Å². The van der Waals surface area contributed by atoms with Crippen LogP contribution in [0.25, 0.3) is 0 Å². The van der Waals surface area contributed by atoms with E-state index in [1.165, 1.54) is 0 Å². The van der Waals surface area contributed by atoms with Crippen LogP contribution in [0.15, 0.2) is 51.5 Å². The number of ether oxygens (including phenoxy) is 2. The molecule has 0 unspecified atom stereocenters. The summed E-state index contributed by atoms with van der Waals surface area (Å²) in [5.41, 5.74) is 6.96. The normalized spacial score (nSPS) is 17.6. The second kappa shape index (κ2) is 7.53. The summed E-state index contributed by atoms with van der Waals surface area (Å²) >= 11 is 9.30. The summed E-state index contributed by atoms with van der Waals surface area (Å²) in [5.74, 6) is -1.20. The first kappa shape index (κ1) is 17.4. The summed E-state index contributed by atoms with van der Waals surface area (Å²) in [4.78, 5) is 12.3. The van der Waals surface area contributed by atoms with E-state index in [4.69, 9.17) is 26.8 Å². The van der Waals surface area contributed by atoms with Gasteiger partial charge in [-0.05, 0) is 18.6 Å². The fourth-order valence-corrected chi connectivity index (χ4v) is 3.08. The van der Waals surface area contributed by atoms with Crippen molar-refractivity contribution in [2.75, 3.05) is 12.5 Å². The second-order valence-corrected chi connectivity index (χ2v) is 5.76. The van der Waals surface area contributed by atoms with Crippen molar-refractivity contribution in [3.63, 3.8) is 0 Å². The summed E-state index contributed by atoms with van der Waals surface area (Å²) < 4.78 is 11.2. The summed E-state index contributed by atoms with van der Waals surface area (Å²) in [6, 6.07) is 9.34. The third-order valence-electron chi connectivity index (χ3n) is 3.33. The molecule has 0 bridgehead atoms. The van der Waals surface area contributed by atoms with Crippen LogP contribution in [0.4, 0.5) is 0 Å². The summed E-state index contributed by atoms with van der Waals surface area (Å²) in [6.07, 6.45) is 0. The molecule has 1 aliphatic heterocycles. The van der Waals surface area contributed by atoms with Gasteiger partial charge in [-0.2, -0.15) is 5.26 Å². The van der Waals surface area contributed by atoms with Crippen LogP contribution in [-0.2, 0) is 14.3 Å². The van der Waals surface area contributed by atoms with Gasteiger partial charge in [0.15, 0.2) is 0 Å². The van der Waals surface area contributed by atoms with Gasteiger partial charge < -0.3 is 15.2 Å². The second-order valence-electron chi connectivity index (χ2n) is 4.64. The van der Waals surface area contributed by atoms with Gasteiger partial charge in [-0.25, -0.2) is 4.79 Å². The van der Waals surface area contributed by atoms with Crippen molar-refractivity contribution in [1.82, 2.24) is 0 Å². The fourth-order valence-electron chi connectivity index (χ4n) is 2.36. The Hall–Kier alpha value is -1.97. The first-order chi connectivity index (χ1) is 11.0. The summed E-state index contributed by atoms with van der Waals surface area (Å²) in [7, 11) is 0. The maximum atomic E-state index is 12.3. The van der Waals surface area contributed by atoms with Crippen molar-refractivity contribution in [3.8, 4) is 6.07 Å². The molecule has 0 fully saturated rings. The maximum Gasteiger partial charge on any atom is 0.340 e. The molecule has 23 heavy (non-hydrogen) atoms. The third kappa shape index (κ3) is 3.36. The Morgan fingerprint density at radius 2 is 2.22 bits per heavy atom. The highest BCUT2D eigenvalue weighted by molar-refractivity contribution is 9.10. The van der Waals surface area contributed by atoms with E-state index >= 15 is 0 Å². The van der Waals surface area contributed by atoms with Gasteiger partial charge in [0.2, 0.25) is 5.88 Å². The van der Waals surface area contributed by atoms with Gasteiger partial charge in [-0.15, -0.1) is 11.6 Å². The van der Waals surface area contributed by atoms with E-state index in [1.807, 2.05) is 18.2 Å². The van der Waals surface area contributed by atoms with Gasteiger partial charge in [0, 0.05) is 4.47 Å². The minimum atomic E-state index is -0.697. The van der Waals surface area contributed by atoms with Crippen molar-refractivity contribution < 1.29 is 14.3 Å². The average Bonchev–Trinajstić information content (AvgIpc) is 2.54.